The predicted octanol–water partition coefficient (Wildman–Crippen LogP) is 3.61. The number of halogens is 1. The Labute approximate surface area is 107 Å². The van der Waals surface area contributed by atoms with Gasteiger partial charge in [-0.25, -0.2) is 4.39 Å². The van der Waals surface area contributed by atoms with E-state index in [1.807, 2.05) is 23.0 Å². The number of anilines is 1. The van der Waals surface area contributed by atoms with Gasteiger partial charge in [0.1, 0.15) is 11.6 Å². The fourth-order valence-corrected chi connectivity index (χ4v) is 1.70. The molecule has 96 valence electrons. The van der Waals surface area contributed by atoms with E-state index in [0.717, 1.165) is 17.8 Å². The standard InChI is InChI=1S/C14H18FN3/c1-3-11(2)18-8-7-14(17-18)16-10-12-5-4-6-13(15)9-12/h4-9,11H,3,10H2,1-2H3,(H,16,17)/t11-/m1/s1. The van der Waals surface area contributed by atoms with Crippen molar-refractivity contribution in [3.63, 3.8) is 0 Å². The van der Waals surface area contributed by atoms with Crippen LogP contribution in [0.1, 0.15) is 31.9 Å². The zero-order valence-corrected chi connectivity index (χ0v) is 10.7. The lowest BCUT2D eigenvalue weighted by Gasteiger charge is -2.08. The lowest BCUT2D eigenvalue weighted by atomic mass is 10.2. The summed E-state index contributed by atoms with van der Waals surface area (Å²) >= 11 is 0. The van der Waals surface area contributed by atoms with Gasteiger partial charge in [-0.05, 0) is 31.0 Å². The minimum Gasteiger partial charge on any atom is -0.365 e. The summed E-state index contributed by atoms with van der Waals surface area (Å²) in [6.07, 6.45) is 3.01. The first-order valence-electron chi connectivity index (χ1n) is 6.22. The molecule has 0 amide bonds. The van der Waals surface area contributed by atoms with Crippen molar-refractivity contribution in [2.24, 2.45) is 0 Å². The van der Waals surface area contributed by atoms with E-state index in [4.69, 9.17) is 0 Å². The van der Waals surface area contributed by atoms with Crippen LogP contribution in [0.3, 0.4) is 0 Å². The zero-order chi connectivity index (χ0) is 13.0. The number of rotatable bonds is 5. The van der Waals surface area contributed by atoms with Gasteiger partial charge in [-0.2, -0.15) is 5.10 Å². The Balaban J connectivity index is 1.96. The number of nitrogens with one attached hydrogen (secondary N) is 1. The second-order valence-electron chi connectivity index (χ2n) is 4.42. The molecule has 0 fully saturated rings. The van der Waals surface area contributed by atoms with Crippen molar-refractivity contribution in [3.05, 3.63) is 47.9 Å². The molecule has 1 heterocycles. The van der Waals surface area contributed by atoms with Crippen molar-refractivity contribution < 1.29 is 4.39 Å². The van der Waals surface area contributed by atoms with Crippen molar-refractivity contribution in [1.29, 1.82) is 0 Å². The van der Waals surface area contributed by atoms with E-state index in [-0.39, 0.29) is 5.82 Å². The number of benzene rings is 1. The molecule has 1 aromatic carbocycles. The van der Waals surface area contributed by atoms with Crippen LogP contribution in [0.2, 0.25) is 0 Å². The average molecular weight is 247 g/mol. The van der Waals surface area contributed by atoms with Crippen LogP contribution >= 0.6 is 0 Å². The van der Waals surface area contributed by atoms with Gasteiger partial charge in [0.05, 0.1) is 0 Å². The highest BCUT2D eigenvalue weighted by Crippen LogP contribution is 2.13. The molecular formula is C14H18FN3. The molecule has 1 aromatic heterocycles. The molecule has 0 aliphatic carbocycles. The topological polar surface area (TPSA) is 29.9 Å². The first-order valence-corrected chi connectivity index (χ1v) is 6.22. The molecule has 0 aliphatic heterocycles. The zero-order valence-electron chi connectivity index (χ0n) is 10.7. The summed E-state index contributed by atoms with van der Waals surface area (Å²) in [7, 11) is 0. The van der Waals surface area contributed by atoms with E-state index in [9.17, 15) is 4.39 Å². The first-order chi connectivity index (χ1) is 8.69. The third-order valence-electron chi connectivity index (χ3n) is 3.01. The Morgan fingerprint density at radius 1 is 1.39 bits per heavy atom. The summed E-state index contributed by atoms with van der Waals surface area (Å²) in [4.78, 5) is 0. The lowest BCUT2D eigenvalue weighted by molar-refractivity contribution is 0.479. The van der Waals surface area contributed by atoms with Crippen LogP contribution in [0, 0.1) is 5.82 Å². The van der Waals surface area contributed by atoms with Crippen LogP contribution in [0.25, 0.3) is 0 Å². The molecule has 0 spiro atoms. The van der Waals surface area contributed by atoms with Gasteiger partial charge in [0, 0.05) is 24.8 Å². The van der Waals surface area contributed by atoms with E-state index < -0.39 is 0 Å². The molecule has 0 unspecified atom stereocenters. The Kier molecular flexibility index (Phi) is 3.97. The highest BCUT2D eigenvalue weighted by molar-refractivity contribution is 5.34. The van der Waals surface area contributed by atoms with Gasteiger partial charge in [0.2, 0.25) is 0 Å². The fraction of sp³-hybridized carbons (Fsp3) is 0.357. The monoisotopic (exact) mass is 247 g/mol. The molecule has 0 aliphatic rings. The number of nitrogens with zero attached hydrogens (tertiary/aromatic N) is 2. The van der Waals surface area contributed by atoms with Gasteiger partial charge in [0.15, 0.2) is 0 Å². The van der Waals surface area contributed by atoms with Crippen LogP contribution in [0.15, 0.2) is 36.5 Å². The summed E-state index contributed by atoms with van der Waals surface area (Å²) in [6, 6.07) is 8.91. The molecule has 4 heteroatoms. The maximum absolute atomic E-state index is 13.0. The Hall–Kier alpha value is -1.84. The average Bonchev–Trinajstić information content (AvgIpc) is 2.84. The van der Waals surface area contributed by atoms with Gasteiger partial charge in [-0.15, -0.1) is 0 Å². The van der Waals surface area contributed by atoms with Gasteiger partial charge < -0.3 is 5.32 Å². The van der Waals surface area contributed by atoms with E-state index >= 15 is 0 Å². The van der Waals surface area contributed by atoms with Crippen LogP contribution < -0.4 is 5.32 Å². The van der Waals surface area contributed by atoms with E-state index in [1.54, 1.807) is 6.07 Å². The lowest BCUT2D eigenvalue weighted by Crippen LogP contribution is -2.06. The maximum atomic E-state index is 13.0. The molecule has 1 atom stereocenters. The summed E-state index contributed by atoms with van der Waals surface area (Å²) < 4.78 is 14.9. The molecule has 0 bridgehead atoms. The van der Waals surface area contributed by atoms with Gasteiger partial charge in [-0.1, -0.05) is 19.1 Å². The third kappa shape index (κ3) is 3.09. The molecule has 1 N–H and O–H groups in total. The van der Waals surface area contributed by atoms with Gasteiger partial charge in [0.25, 0.3) is 0 Å². The third-order valence-corrected chi connectivity index (χ3v) is 3.01. The molecule has 3 nitrogen and oxygen atoms in total. The maximum Gasteiger partial charge on any atom is 0.148 e. The predicted molar refractivity (Wildman–Crippen MR) is 71.0 cm³/mol. The SMILES string of the molecule is CC[C@@H](C)n1ccc(NCc2cccc(F)c2)n1. The molecule has 0 saturated heterocycles. The largest absolute Gasteiger partial charge is 0.365 e. The minimum absolute atomic E-state index is 0.209. The smallest absolute Gasteiger partial charge is 0.148 e. The first kappa shape index (κ1) is 12.6. The number of hydrogen-bond donors (Lipinski definition) is 1. The molecule has 2 rings (SSSR count). The molecule has 18 heavy (non-hydrogen) atoms. The summed E-state index contributed by atoms with van der Waals surface area (Å²) in [6.45, 7) is 4.84. The van der Waals surface area contributed by atoms with Crippen molar-refractivity contribution in [2.75, 3.05) is 5.32 Å². The number of hydrogen-bond acceptors (Lipinski definition) is 2. The molecule has 2 aromatic rings. The summed E-state index contributed by atoms with van der Waals surface area (Å²) in [5.41, 5.74) is 0.910. The highest BCUT2D eigenvalue weighted by atomic mass is 19.1. The Morgan fingerprint density at radius 3 is 2.94 bits per heavy atom. The van der Waals surface area contributed by atoms with E-state index in [1.165, 1.54) is 12.1 Å². The summed E-state index contributed by atoms with van der Waals surface area (Å²) in [5.74, 6) is 0.610. The molecule has 0 radical (unpaired) electrons. The summed E-state index contributed by atoms with van der Waals surface area (Å²) in [5, 5.41) is 7.62. The van der Waals surface area contributed by atoms with Crippen LogP contribution in [0.5, 0.6) is 0 Å². The van der Waals surface area contributed by atoms with Crippen molar-refractivity contribution >= 4 is 5.82 Å². The second kappa shape index (κ2) is 5.67. The highest BCUT2D eigenvalue weighted by Gasteiger charge is 2.04. The molecular weight excluding hydrogens is 229 g/mol. The van der Waals surface area contributed by atoms with Crippen LogP contribution in [-0.2, 0) is 6.54 Å². The Morgan fingerprint density at radius 2 is 2.22 bits per heavy atom. The van der Waals surface area contributed by atoms with E-state index in [2.05, 4.69) is 24.3 Å². The Bertz CT molecular complexity index is 507. The van der Waals surface area contributed by atoms with Crippen molar-refractivity contribution in [2.45, 2.75) is 32.9 Å². The molecule has 0 saturated carbocycles. The van der Waals surface area contributed by atoms with Crippen molar-refractivity contribution in [1.82, 2.24) is 9.78 Å². The fourth-order valence-electron chi connectivity index (χ4n) is 1.70. The second-order valence-corrected chi connectivity index (χ2v) is 4.42. The quantitative estimate of drug-likeness (QED) is 0.874. The van der Waals surface area contributed by atoms with Crippen molar-refractivity contribution in [3.8, 4) is 0 Å². The van der Waals surface area contributed by atoms with E-state index in [0.29, 0.717) is 12.6 Å². The van der Waals surface area contributed by atoms with Crippen LogP contribution in [-0.4, -0.2) is 9.78 Å². The van der Waals surface area contributed by atoms with Gasteiger partial charge in [-0.3, -0.25) is 4.68 Å². The number of aromatic nitrogens is 2. The van der Waals surface area contributed by atoms with Crippen LogP contribution in [0.4, 0.5) is 10.2 Å². The van der Waals surface area contributed by atoms with Gasteiger partial charge >= 0.3 is 0 Å². The minimum atomic E-state index is -0.209. The normalized spacial score (nSPS) is 12.4.